The van der Waals surface area contributed by atoms with E-state index in [1.807, 2.05) is 11.3 Å². The molecule has 0 unspecified atom stereocenters. The van der Waals surface area contributed by atoms with E-state index in [9.17, 15) is 0 Å². The minimum atomic E-state index is -0.0383. The van der Waals surface area contributed by atoms with Crippen LogP contribution < -0.4 is 0 Å². The minimum Gasteiger partial charge on any atom is -0.455 e. The molecule has 4 aromatic heterocycles. The summed E-state index contributed by atoms with van der Waals surface area (Å²) in [6, 6.07) is 31.2. The molecular formula is C46H46N2OS2. The van der Waals surface area contributed by atoms with Crippen molar-refractivity contribution in [3.8, 4) is 11.3 Å². The van der Waals surface area contributed by atoms with Gasteiger partial charge >= 0.3 is 0 Å². The molecular weight excluding hydrogens is 661 g/mol. The van der Waals surface area contributed by atoms with E-state index >= 15 is 0 Å². The highest BCUT2D eigenvalue weighted by atomic mass is 32.2. The Labute approximate surface area is 309 Å². The molecule has 0 bridgehead atoms. The van der Waals surface area contributed by atoms with Crippen molar-refractivity contribution in [2.75, 3.05) is 0 Å². The summed E-state index contributed by atoms with van der Waals surface area (Å²) >= 11 is 3.49. The number of fused-ring (bicyclic) bond motifs is 4. The van der Waals surface area contributed by atoms with Gasteiger partial charge < -0.3 is 4.42 Å². The summed E-state index contributed by atoms with van der Waals surface area (Å²) in [5.74, 6) is 0. The van der Waals surface area contributed by atoms with Gasteiger partial charge in [-0.2, -0.15) is 0 Å². The third-order valence-corrected chi connectivity index (χ3v) is 11.9. The van der Waals surface area contributed by atoms with E-state index in [4.69, 9.17) is 14.4 Å². The van der Waals surface area contributed by atoms with Crippen molar-refractivity contribution in [2.45, 2.75) is 96.5 Å². The van der Waals surface area contributed by atoms with Gasteiger partial charge in [0.1, 0.15) is 21.2 Å². The Morgan fingerprint density at radius 2 is 1.43 bits per heavy atom. The number of aryl methyl sites for hydroxylation is 1. The zero-order valence-electron chi connectivity index (χ0n) is 31.4. The van der Waals surface area contributed by atoms with Crippen LogP contribution in [0.5, 0.6) is 0 Å². The van der Waals surface area contributed by atoms with Gasteiger partial charge in [-0.25, -0.2) is 9.97 Å². The normalized spacial score (nSPS) is 13.1. The zero-order chi connectivity index (χ0) is 36.0. The molecule has 0 aliphatic heterocycles. The molecule has 5 heteroatoms. The van der Waals surface area contributed by atoms with Crippen LogP contribution in [0.2, 0.25) is 0 Å². The molecule has 0 spiro atoms. The Kier molecular flexibility index (Phi) is 7.94. The predicted molar refractivity (Wildman–Crippen MR) is 221 cm³/mol. The van der Waals surface area contributed by atoms with Crippen LogP contribution in [0.25, 0.3) is 64.3 Å². The Balaban J connectivity index is 1.36. The first-order valence-corrected chi connectivity index (χ1v) is 19.6. The summed E-state index contributed by atoms with van der Waals surface area (Å²) in [4.78, 5) is 10.8. The molecule has 0 aliphatic carbocycles. The summed E-state index contributed by atoms with van der Waals surface area (Å²) in [6.07, 6.45) is 0.976. The van der Waals surface area contributed by atoms with E-state index in [1.54, 1.807) is 11.8 Å². The summed E-state index contributed by atoms with van der Waals surface area (Å²) in [5, 5.41) is 7.69. The van der Waals surface area contributed by atoms with Crippen LogP contribution in [-0.4, -0.2) is 9.97 Å². The molecule has 0 saturated heterocycles. The monoisotopic (exact) mass is 706 g/mol. The lowest BCUT2D eigenvalue weighted by atomic mass is 9.84. The van der Waals surface area contributed by atoms with E-state index in [0.717, 1.165) is 66.0 Å². The fraction of sp³-hybridized carbons (Fsp3) is 0.304. The highest BCUT2D eigenvalue weighted by molar-refractivity contribution is 7.99. The van der Waals surface area contributed by atoms with Crippen molar-refractivity contribution >= 4 is 76.1 Å². The molecule has 0 atom stereocenters. The molecule has 51 heavy (non-hydrogen) atoms. The van der Waals surface area contributed by atoms with Gasteiger partial charge in [0, 0.05) is 31.8 Å². The average molecular weight is 707 g/mol. The minimum absolute atomic E-state index is 0.0383. The molecule has 4 heterocycles. The van der Waals surface area contributed by atoms with Crippen LogP contribution >= 0.6 is 23.1 Å². The van der Waals surface area contributed by atoms with Crippen molar-refractivity contribution in [1.82, 2.24) is 9.97 Å². The maximum absolute atomic E-state index is 6.82. The summed E-state index contributed by atoms with van der Waals surface area (Å²) in [7, 11) is 0. The summed E-state index contributed by atoms with van der Waals surface area (Å²) < 4.78 is 9.27. The number of benzene rings is 4. The third kappa shape index (κ3) is 6.33. The number of aromatic nitrogens is 2. The van der Waals surface area contributed by atoms with Crippen LogP contribution in [0.4, 0.5) is 0 Å². The predicted octanol–water partition coefficient (Wildman–Crippen LogP) is 14.2. The second kappa shape index (κ2) is 11.9. The van der Waals surface area contributed by atoms with Crippen molar-refractivity contribution in [3.05, 3.63) is 107 Å². The van der Waals surface area contributed by atoms with Gasteiger partial charge in [-0.3, -0.25) is 0 Å². The van der Waals surface area contributed by atoms with Crippen LogP contribution in [0.3, 0.4) is 0 Å². The average Bonchev–Trinajstić information content (AvgIpc) is 3.37. The van der Waals surface area contributed by atoms with Gasteiger partial charge in [0.2, 0.25) is 0 Å². The van der Waals surface area contributed by atoms with E-state index in [-0.39, 0.29) is 16.2 Å². The molecule has 0 saturated carbocycles. The van der Waals surface area contributed by atoms with Gasteiger partial charge in [-0.05, 0) is 99.7 Å². The lowest BCUT2D eigenvalue weighted by molar-refractivity contribution is 0.411. The van der Waals surface area contributed by atoms with Crippen LogP contribution in [0.1, 0.15) is 84.6 Å². The van der Waals surface area contributed by atoms with E-state index in [0.29, 0.717) is 0 Å². The lowest BCUT2D eigenvalue weighted by Crippen LogP contribution is -2.12. The molecule has 0 fully saturated rings. The highest BCUT2D eigenvalue weighted by Gasteiger charge is 2.23. The second-order valence-electron chi connectivity index (χ2n) is 17.5. The van der Waals surface area contributed by atoms with Gasteiger partial charge in [-0.15, -0.1) is 11.3 Å². The van der Waals surface area contributed by atoms with E-state index < -0.39 is 0 Å². The maximum atomic E-state index is 6.82. The second-order valence-corrected chi connectivity index (χ2v) is 19.6. The van der Waals surface area contributed by atoms with Gasteiger partial charge in [0.15, 0.2) is 0 Å². The molecule has 0 N–H and O–H groups in total. The van der Waals surface area contributed by atoms with Crippen molar-refractivity contribution < 1.29 is 4.42 Å². The Morgan fingerprint density at radius 1 is 0.686 bits per heavy atom. The van der Waals surface area contributed by atoms with E-state index in [2.05, 4.69) is 154 Å². The lowest BCUT2D eigenvalue weighted by Gasteiger charge is -2.22. The Bertz CT molecular complexity index is 2660. The quantitative estimate of drug-likeness (QED) is 0.183. The zero-order valence-corrected chi connectivity index (χ0v) is 33.0. The standard InChI is InChI=1S/C46H46N2OS2/c1-26-18-37(51-38-24-31(46(8,9)10)23-34(47-38)29-15-13-16-30(21-29)45(5,6)7)48-41-33-22-28-14-11-12-17-32(28)42-39(33)40-35(49-42)19-27(25-44(2,3)4)20-36(40)50-43(26)41/h11-24H,25H2,1-10H3. The topological polar surface area (TPSA) is 38.9 Å². The highest BCUT2D eigenvalue weighted by Crippen LogP contribution is 2.46. The fourth-order valence-electron chi connectivity index (χ4n) is 7.23. The number of nitrogens with zero attached hydrogens (tertiary/aromatic N) is 2. The molecule has 8 aromatic rings. The molecule has 3 nitrogen and oxygen atoms in total. The molecule has 8 rings (SSSR count). The van der Waals surface area contributed by atoms with Crippen molar-refractivity contribution in [1.29, 1.82) is 0 Å². The molecule has 0 amide bonds. The van der Waals surface area contributed by atoms with Crippen molar-refractivity contribution in [2.24, 2.45) is 5.41 Å². The van der Waals surface area contributed by atoms with Gasteiger partial charge in [-0.1, -0.05) is 117 Å². The third-order valence-electron chi connectivity index (χ3n) is 9.83. The first-order chi connectivity index (χ1) is 24.0. The fourth-order valence-corrected chi connectivity index (χ4v) is 9.35. The van der Waals surface area contributed by atoms with Crippen LogP contribution in [0, 0.1) is 12.3 Å². The number of hydrogen-bond acceptors (Lipinski definition) is 5. The van der Waals surface area contributed by atoms with Gasteiger partial charge in [0.25, 0.3) is 0 Å². The number of pyridine rings is 2. The molecule has 0 aliphatic rings. The first kappa shape index (κ1) is 33.9. The first-order valence-electron chi connectivity index (χ1n) is 17.9. The SMILES string of the molecule is Cc1cc(Sc2cc(C(C)(C)C)cc(-c3cccc(C(C)(C)C)c3)n2)nc2c1sc1cc(CC(C)(C)C)cc3oc4c5ccccc5cc2c4c31. The number of hydrogen-bond donors (Lipinski definition) is 0. The van der Waals surface area contributed by atoms with Crippen LogP contribution in [0.15, 0.2) is 99.4 Å². The maximum Gasteiger partial charge on any atom is 0.143 e. The molecule has 0 radical (unpaired) electrons. The smallest absolute Gasteiger partial charge is 0.143 e. The Hall–Kier alpha value is -4.19. The van der Waals surface area contributed by atoms with Crippen LogP contribution in [-0.2, 0) is 17.3 Å². The number of furan rings is 1. The Morgan fingerprint density at radius 3 is 2.18 bits per heavy atom. The summed E-state index contributed by atoms with van der Waals surface area (Å²) in [5.41, 5.74) is 10.3. The summed E-state index contributed by atoms with van der Waals surface area (Å²) in [6.45, 7) is 22.7. The van der Waals surface area contributed by atoms with E-state index in [1.165, 1.54) is 37.0 Å². The van der Waals surface area contributed by atoms with Gasteiger partial charge in [0.05, 0.1) is 15.9 Å². The molecule has 4 aromatic carbocycles. The van der Waals surface area contributed by atoms with Crippen molar-refractivity contribution in [3.63, 3.8) is 0 Å². The molecule has 258 valence electrons. The number of rotatable bonds is 4. The largest absolute Gasteiger partial charge is 0.455 e.